The van der Waals surface area contributed by atoms with Crippen LogP contribution in [0.25, 0.3) is 5.65 Å². The molecule has 0 aromatic carbocycles. The van der Waals surface area contributed by atoms with Crippen molar-refractivity contribution in [2.24, 2.45) is 5.92 Å². The van der Waals surface area contributed by atoms with Crippen molar-refractivity contribution in [1.29, 1.82) is 0 Å². The zero-order valence-corrected chi connectivity index (χ0v) is 13.3. The Morgan fingerprint density at radius 3 is 2.67 bits per heavy atom. The molecule has 1 unspecified atom stereocenters. The Kier molecular flexibility index (Phi) is 4.55. The number of aromatic nitrogens is 4. The van der Waals surface area contributed by atoms with Crippen LogP contribution in [0.5, 0.6) is 0 Å². The quantitative estimate of drug-likeness (QED) is 0.791. The summed E-state index contributed by atoms with van der Waals surface area (Å²) in [6.07, 6.45) is 0.674. The Labute approximate surface area is 124 Å². The minimum Gasteiger partial charge on any atom is -0.465 e. The van der Waals surface area contributed by atoms with Crippen LogP contribution in [0.2, 0.25) is 0 Å². The van der Waals surface area contributed by atoms with Crippen molar-refractivity contribution >= 4 is 11.6 Å². The Hall–Kier alpha value is -1.98. The van der Waals surface area contributed by atoms with Crippen LogP contribution in [0.3, 0.4) is 0 Å². The van der Waals surface area contributed by atoms with Crippen LogP contribution in [0.4, 0.5) is 0 Å². The molecular formula is C15H22N4O2. The molecule has 2 aromatic heterocycles. The molecule has 2 heterocycles. The van der Waals surface area contributed by atoms with Gasteiger partial charge in [-0.1, -0.05) is 13.8 Å². The van der Waals surface area contributed by atoms with E-state index in [2.05, 4.69) is 29.0 Å². The number of aryl methyl sites for hydroxylation is 2. The molecule has 2 rings (SSSR count). The number of carbonyl (C=O) groups excluding carboxylic acids is 1. The summed E-state index contributed by atoms with van der Waals surface area (Å²) in [4.78, 5) is 16.7. The molecule has 6 nitrogen and oxygen atoms in total. The zero-order valence-electron chi connectivity index (χ0n) is 13.3. The van der Waals surface area contributed by atoms with Gasteiger partial charge in [-0.15, -0.1) is 10.2 Å². The van der Waals surface area contributed by atoms with Crippen molar-refractivity contribution in [3.8, 4) is 0 Å². The third-order valence-corrected chi connectivity index (χ3v) is 3.30. The molecule has 114 valence electrons. The number of ether oxygens (including phenoxy) is 1. The summed E-state index contributed by atoms with van der Waals surface area (Å²) in [6.45, 7) is 10.1. The van der Waals surface area contributed by atoms with Crippen LogP contribution in [0.1, 0.15) is 50.5 Å². The summed E-state index contributed by atoms with van der Waals surface area (Å²) >= 11 is 0. The fourth-order valence-electron chi connectivity index (χ4n) is 2.51. The Bertz CT molecular complexity index is 648. The molecule has 0 saturated heterocycles. The monoisotopic (exact) mass is 290 g/mol. The second-order valence-electron chi connectivity index (χ2n) is 5.63. The lowest BCUT2D eigenvalue weighted by molar-refractivity contribution is -0.145. The SMILES string of the molecule is CCOC(=O)C(CC(C)C)c1nnc2cc(C)nc(C)n12. The van der Waals surface area contributed by atoms with E-state index in [-0.39, 0.29) is 5.97 Å². The fraction of sp³-hybridized carbons (Fsp3) is 0.600. The van der Waals surface area contributed by atoms with E-state index in [1.165, 1.54) is 0 Å². The van der Waals surface area contributed by atoms with Crippen LogP contribution in [-0.2, 0) is 9.53 Å². The molecule has 0 spiro atoms. The molecule has 0 aliphatic heterocycles. The summed E-state index contributed by atoms with van der Waals surface area (Å²) < 4.78 is 7.04. The third kappa shape index (κ3) is 3.20. The second-order valence-corrected chi connectivity index (χ2v) is 5.63. The van der Waals surface area contributed by atoms with Gasteiger partial charge in [0.2, 0.25) is 0 Å². The number of nitrogens with zero attached hydrogens (tertiary/aromatic N) is 4. The van der Waals surface area contributed by atoms with Crippen molar-refractivity contribution in [3.63, 3.8) is 0 Å². The molecule has 0 aliphatic carbocycles. The second kappa shape index (κ2) is 6.20. The van der Waals surface area contributed by atoms with Gasteiger partial charge in [0.05, 0.1) is 6.61 Å². The van der Waals surface area contributed by atoms with Crippen LogP contribution in [0.15, 0.2) is 6.07 Å². The van der Waals surface area contributed by atoms with Gasteiger partial charge in [0.25, 0.3) is 0 Å². The lowest BCUT2D eigenvalue weighted by atomic mass is 9.96. The van der Waals surface area contributed by atoms with Crippen LogP contribution >= 0.6 is 0 Å². The van der Waals surface area contributed by atoms with E-state index in [9.17, 15) is 4.79 Å². The van der Waals surface area contributed by atoms with Gasteiger partial charge in [0.1, 0.15) is 11.7 Å². The van der Waals surface area contributed by atoms with E-state index in [1.54, 1.807) is 0 Å². The maximum atomic E-state index is 12.3. The molecule has 0 radical (unpaired) electrons. The first kappa shape index (κ1) is 15.4. The molecule has 0 N–H and O–H groups in total. The summed E-state index contributed by atoms with van der Waals surface area (Å²) in [6, 6.07) is 1.86. The molecule has 0 bridgehead atoms. The summed E-state index contributed by atoms with van der Waals surface area (Å²) in [5.41, 5.74) is 1.60. The number of esters is 1. The Balaban J connectivity index is 2.51. The minimum absolute atomic E-state index is 0.250. The number of hydrogen-bond acceptors (Lipinski definition) is 5. The predicted octanol–water partition coefficient (Wildman–Crippen LogP) is 2.43. The topological polar surface area (TPSA) is 69.4 Å². The lowest BCUT2D eigenvalue weighted by Crippen LogP contribution is -2.21. The average molecular weight is 290 g/mol. The largest absolute Gasteiger partial charge is 0.465 e. The summed E-state index contributed by atoms with van der Waals surface area (Å²) in [7, 11) is 0. The molecule has 1 atom stereocenters. The zero-order chi connectivity index (χ0) is 15.6. The normalized spacial score (nSPS) is 12.9. The first-order chi connectivity index (χ1) is 9.93. The highest BCUT2D eigenvalue weighted by Gasteiger charge is 2.28. The molecule has 21 heavy (non-hydrogen) atoms. The fourth-order valence-corrected chi connectivity index (χ4v) is 2.51. The smallest absolute Gasteiger partial charge is 0.316 e. The van der Waals surface area contributed by atoms with Gasteiger partial charge in [0.15, 0.2) is 11.5 Å². The molecule has 0 fully saturated rings. The molecule has 0 aliphatic rings. The molecule has 6 heteroatoms. The van der Waals surface area contributed by atoms with E-state index in [0.717, 1.165) is 11.5 Å². The molecular weight excluding hydrogens is 268 g/mol. The lowest BCUT2D eigenvalue weighted by Gasteiger charge is -2.16. The van der Waals surface area contributed by atoms with Gasteiger partial charge >= 0.3 is 5.97 Å². The molecule has 0 saturated carbocycles. The maximum Gasteiger partial charge on any atom is 0.316 e. The third-order valence-electron chi connectivity index (χ3n) is 3.30. The number of hydrogen-bond donors (Lipinski definition) is 0. The highest BCUT2D eigenvalue weighted by Crippen LogP contribution is 2.25. The van der Waals surface area contributed by atoms with E-state index < -0.39 is 5.92 Å². The summed E-state index contributed by atoms with van der Waals surface area (Å²) in [5, 5.41) is 8.40. The number of carbonyl (C=O) groups is 1. The van der Waals surface area contributed by atoms with E-state index >= 15 is 0 Å². The van der Waals surface area contributed by atoms with Crippen LogP contribution in [0, 0.1) is 19.8 Å². The highest BCUT2D eigenvalue weighted by molar-refractivity contribution is 5.77. The van der Waals surface area contributed by atoms with Gasteiger partial charge in [0, 0.05) is 11.8 Å². The Morgan fingerprint density at radius 2 is 2.05 bits per heavy atom. The maximum absolute atomic E-state index is 12.3. The first-order valence-corrected chi connectivity index (χ1v) is 7.30. The van der Waals surface area contributed by atoms with Crippen LogP contribution < -0.4 is 0 Å². The van der Waals surface area contributed by atoms with Gasteiger partial charge < -0.3 is 4.74 Å². The predicted molar refractivity (Wildman–Crippen MR) is 79.1 cm³/mol. The van der Waals surface area contributed by atoms with E-state index in [0.29, 0.717) is 30.4 Å². The van der Waals surface area contributed by atoms with Gasteiger partial charge in [-0.25, -0.2) is 4.98 Å². The Morgan fingerprint density at radius 1 is 1.33 bits per heavy atom. The van der Waals surface area contributed by atoms with Gasteiger partial charge in [-0.05, 0) is 33.1 Å². The van der Waals surface area contributed by atoms with Crippen molar-refractivity contribution in [2.75, 3.05) is 6.61 Å². The first-order valence-electron chi connectivity index (χ1n) is 7.30. The summed E-state index contributed by atoms with van der Waals surface area (Å²) in [5.74, 6) is 1.08. The molecule has 0 amide bonds. The van der Waals surface area contributed by atoms with Crippen molar-refractivity contribution < 1.29 is 9.53 Å². The van der Waals surface area contributed by atoms with Gasteiger partial charge in [-0.2, -0.15) is 0 Å². The minimum atomic E-state index is -0.414. The van der Waals surface area contributed by atoms with Crippen LogP contribution in [-0.4, -0.2) is 32.2 Å². The number of fused-ring (bicyclic) bond motifs is 1. The van der Waals surface area contributed by atoms with Crippen molar-refractivity contribution in [3.05, 3.63) is 23.4 Å². The molecule has 2 aromatic rings. The highest BCUT2D eigenvalue weighted by atomic mass is 16.5. The average Bonchev–Trinajstić information content (AvgIpc) is 2.79. The van der Waals surface area contributed by atoms with Crippen molar-refractivity contribution in [2.45, 2.75) is 47.0 Å². The standard InChI is InChI=1S/C15H22N4O2/c1-6-21-15(20)12(7-9(2)3)14-18-17-13-8-10(4)16-11(5)19(13)14/h8-9,12H,6-7H2,1-5H3. The van der Waals surface area contributed by atoms with Crippen molar-refractivity contribution in [1.82, 2.24) is 19.6 Å². The van der Waals surface area contributed by atoms with E-state index in [4.69, 9.17) is 4.74 Å². The van der Waals surface area contributed by atoms with E-state index in [1.807, 2.05) is 31.2 Å². The number of rotatable bonds is 5. The van der Waals surface area contributed by atoms with Gasteiger partial charge in [-0.3, -0.25) is 9.20 Å².